The number of amides is 1. The molecule has 126 valence electrons. The maximum Gasteiger partial charge on any atom is 0.347 e. The summed E-state index contributed by atoms with van der Waals surface area (Å²) >= 11 is 5.77. The molecule has 0 heterocycles. The molecule has 1 amide bonds. The van der Waals surface area contributed by atoms with Crippen molar-refractivity contribution in [3.63, 3.8) is 0 Å². The summed E-state index contributed by atoms with van der Waals surface area (Å²) < 4.78 is 10.6. The van der Waals surface area contributed by atoms with Crippen LogP contribution in [0.2, 0.25) is 5.02 Å². The molecule has 2 aromatic rings. The van der Waals surface area contributed by atoms with Gasteiger partial charge in [-0.05, 0) is 42.8 Å². The fraction of sp³-hybridized carbons (Fsp3) is 0.222. The van der Waals surface area contributed by atoms with Gasteiger partial charge in [-0.1, -0.05) is 36.7 Å². The van der Waals surface area contributed by atoms with Crippen molar-refractivity contribution in [2.45, 2.75) is 19.4 Å². The van der Waals surface area contributed by atoms with Crippen molar-refractivity contribution in [1.29, 1.82) is 0 Å². The smallest absolute Gasteiger partial charge is 0.347 e. The van der Waals surface area contributed by atoms with Crippen LogP contribution < -0.4 is 10.1 Å². The van der Waals surface area contributed by atoms with E-state index in [2.05, 4.69) is 5.32 Å². The van der Waals surface area contributed by atoms with E-state index in [0.717, 1.165) is 0 Å². The minimum atomic E-state index is -0.754. The van der Waals surface area contributed by atoms with Gasteiger partial charge in [0.2, 0.25) is 0 Å². The van der Waals surface area contributed by atoms with Crippen molar-refractivity contribution in [3.8, 4) is 5.75 Å². The molecule has 24 heavy (non-hydrogen) atoms. The lowest BCUT2D eigenvalue weighted by molar-refractivity contribution is -0.154. The highest BCUT2D eigenvalue weighted by molar-refractivity contribution is 6.30. The third-order valence-electron chi connectivity index (χ3n) is 3.13. The lowest BCUT2D eigenvalue weighted by Gasteiger charge is -2.16. The monoisotopic (exact) mass is 347 g/mol. The molecule has 1 atom stereocenters. The maximum absolute atomic E-state index is 12.0. The van der Waals surface area contributed by atoms with Gasteiger partial charge in [-0.25, -0.2) is 4.79 Å². The second kappa shape index (κ2) is 8.93. The lowest BCUT2D eigenvalue weighted by Crippen LogP contribution is -2.31. The lowest BCUT2D eigenvalue weighted by atomic mass is 10.2. The zero-order valence-electron chi connectivity index (χ0n) is 13.2. The predicted molar refractivity (Wildman–Crippen MR) is 92.2 cm³/mol. The van der Waals surface area contributed by atoms with Crippen molar-refractivity contribution in [2.24, 2.45) is 0 Å². The Labute approximate surface area is 145 Å². The second-order valence-corrected chi connectivity index (χ2v) is 5.43. The molecule has 0 unspecified atom stereocenters. The molecular formula is C18H18ClNO4. The summed E-state index contributed by atoms with van der Waals surface area (Å²) in [5.41, 5.74) is 0.577. The van der Waals surface area contributed by atoms with Gasteiger partial charge in [-0.15, -0.1) is 0 Å². The van der Waals surface area contributed by atoms with E-state index in [4.69, 9.17) is 21.1 Å². The van der Waals surface area contributed by atoms with E-state index in [0.29, 0.717) is 22.9 Å². The van der Waals surface area contributed by atoms with Crippen LogP contribution in [0.25, 0.3) is 0 Å². The van der Waals surface area contributed by atoms with Crippen LogP contribution in [-0.2, 0) is 14.3 Å². The van der Waals surface area contributed by atoms with E-state index in [-0.39, 0.29) is 6.61 Å². The van der Waals surface area contributed by atoms with Crippen LogP contribution in [0.3, 0.4) is 0 Å². The van der Waals surface area contributed by atoms with E-state index in [1.165, 1.54) is 0 Å². The zero-order valence-corrected chi connectivity index (χ0v) is 14.0. The average molecular weight is 348 g/mol. The molecule has 2 rings (SSSR count). The Balaban J connectivity index is 1.82. The minimum Gasteiger partial charge on any atom is -0.479 e. The van der Waals surface area contributed by atoms with E-state index in [1.54, 1.807) is 36.4 Å². The van der Waals surface area contributed by atoms with E-state index in [9.17, 15) is 9.59 Å². The summed E-state index contributed by atoms with van der Waals surface area (Å²) in [5.74, 6) is -0.431. The number of esters is 1. The highest BCUT2D eigenvalue weighted by atomic mass is 35.5. The zero-order chi connectivity index (χ0) is 17.4. The van der Waals surface area contributed by atoms with Crippen LogP contribution >= 0.6 is 11.6 Å². The van der Waals surface area contributed by atoms with E-state index < -0.39 is 18.0 Å². The predicted octanol–water partition coefficient (Wildman–Crippen LogP) is 3.68. The summed E-state index contributed by atoms with van der Waals surface area (Å²) in [6, 6.07) is 15.6. The van der Waals surface area contributed by atoms with Crippen molar-refractivity contribution >= 4 is 29.2 Å². The molecule has 6 heteroatoms. The van der Waals surface area contributed by atoms with Crippen LogP contribution in [0.5, 0.6) is 5.75 Å². The first-order chi connectivity index (χ1) is 11.6. The Morgan fingerprint density at radius 2 is 1.75 bits per heavy atom. The summed E-state index contributed by atoms with van der Waals surface area (Å²) in [7, 11) is 0. The van der Waals surface area contributed by atoms with Crippen molar-refractivity contribution in [2.75, 3.05) is 11.9 Å². The molecule has 2 aromatic carbocycles. The van der Waals surface area contributed by atoms with Gasteiger partial charge in [0.1, 0.15) is 5.75 Å². The van der Waals surface area contributed by atoms with Crippen LogP contribution in [0, 0.1) is 0 Å². The largest absolute Gasteiger partial charge is 0.479 e. The summed E-state index contributed by atoms with van der Waals surface area (Å²) in [6.45, 7) is 1.43. The number of hydrogen-bond donors (Lipinski definition) is 1. The molecule has 0 aromatic heterocycles. The van der Waals surface area contributed by atoms with Gasteiger partial charge < -0.3 is 14.8 Å². The molecule has 0 aliphatic rings. The van der Waals surface area contributed by atoms with Crippen LogP contribution in [-0.4, -0.2) is 24.6 Å². The maximum atomic E-state index is 12.0. The molecule has 0 bridgehead atoms. The molecule has 0 spiro atoms. The molecule has 1 N–H and O–H groups in total. The molecule has 0 saturated heterocycles. The van der Waals surface area contributed by atoms with Crippen LogP contribution in [0.4, 0.5) is 5.69 Å². The van der Waals surface area contributed by atoms with Crippen molar-refractivity contribution in [3.05, 3.63) is 59.6 Å². The molecule has 0 aliphatic heterocycles. The van der Waals surface area contributed by atoms with Gasteiger partial charge in [0.05, 0.1) is 0 Å². The summed E-state index contributed by atoms with van der Waals surface area (Å²) in [4.78, 5) is 23.8. The number of carbonyl (C=O) groups is 2. The van der Waals surface area contributed by atoms with Gasteiger partial charge >= 0.3 is 5.97 Å². The van der Waals surface area contributed by atoms with Crippen LogP contribution in [0.15, 0.2) is 54.6 Å². The molecule has 5 nitrogen and oxygen atoms in total. The Morgan fingerprint density at radius 1 is 1.08 bits per heavy atom. The second-order valence-electron chi connectivity index (χ2n) is 4.99. The highest BCUT2D eigenvalue weighted by Gasteiger charge is 2.21. The summed E-state index contributed by atoms with van der Waals surface area (Å²) in [6.07, 6.45) is -0.317. The number of hydrogen-bond acceptors (Lipinski definition) is 4. The van der Waals surface area contributed by atoms with Crippen molar-refractivity contribution < 1.29 is 19.1 Å². The van der Waals surface area contributed by atoms with E-state index in [1.807, 2.05) is 25.1 Å². The molecular weight excluding hydrogens is 330 g/mol. The quantitative estimate of drug-likeness (QED) is 0.776. The fourth-order valence-electron chi connectivity index (χ4n) is 1.92. The van der Waals surface area contributed by atoms with Gasteiger partial charge in [-0.3, -0.25) is 4.79 Å². The number of para-hydroxylation sites is 1. The van der Waals surface area contributed by atoms with Gasteiger partial charge in [0.15, 0.2) is 12.7 Å². The number of rotatable bonds is 7. The Kier molecular flexibility index (Phi) is 6.63. The molecule has 0 saturated carbocycles. The summed E-state index contributed by atoms with van der Waals surface area (Å²) in [5, 5.41) is 3.19. The third kappa shape index (κ3) is 5.59. The first kappa shape index (κ1) is 17.8. The number of ether oxygens (including phenoxy) is 2. The Morgan fingerprint density at radius 3 is 2.38 bits per heavy atom. The topological polar surface area (TPSA) is 64.6 Å². The standard InChI is InChI=1S/C18H18ClNO4/c1-2-16(24-15-6-4-3-5-7-15)18(22)23-12-17(21)20-14-10-8-13(19)9-11-14/h3-11,16H,2,12H2,1H3,(H,20,21)/t16-/m0/s1. The average Bonchev–Trinajstić information content (AvgIpc) is 2.60. The number of nitrogens with one attached hydrogen (secondary N) is 1. The number of anilines is 1. The van der Waals surface area contributed by atoms with Gasteiger partial charge in [0.25, 0.3) is 5.91 Å². The Hall–Kier alpha value is -2.53. The molecule has 0 aliphatic carbocycles. The number of benzene rings is 2. The number of halogens is 1. The third-order valence-corrected chi connectivity index (χ3v) is 3.38. The molecule has 0 fully saturated rings. The normalized spacial score (nSPS) is 11.4. The first-order valence-electron chi connectivity index (χ1n) is 7.52. The van der Waals surface area contributed by atoms with E-state index >= 15 is 0 Å². The van der Waals surface area contributed by atoms with Crippen molar-refractivity contribution in [1.82, 2.24) is 0 Å². The van der Waals surface area contributed by atoms with Gasteiger partial charge in [-0.2, -0.15) is 0 Å². The number of carbonyl (C=O) groups excluding carboxylic acids is 2. The van der Waals surface area contributed by atoms with Crippen LogP contribution in [0.1, 0.15) is 13.3 Å². The van der Waals surface area contributed by atoms with Gasteiger partial charge in [0, 0.05) is 10.7 Å². The fourth-order valence-corrected chi connectivity index (χ4v) is 2.05. The minimum absolute atomic E-state index is 0.379. The first-order valence-corrected chi connectivity index (χ1v) is 7.90. The SMILES string of the molecule is CC[C@H](Oc1ccccc1)C(=O)OCC(=O)Nc1ccc(Cl)cc1. The highest BCUT2D eigenvalue weighted by Crippen LogP contribution is 2.14. The molecule has 0 radical (unpaired) electrons. The Bertz CT molecular complexity index is 673.